The van der Waals surface area contributed by atoms with E-state index in [1.807, 2.05) is 0 Å². The maximum atomic E-state index is 10.8. The number of hydrogen-bond acceptors (Lipinski definition) is 5. The Morgan fingerprint density at radius 2 is 2.29 bits per heavy atom. The van der Waals surface area contributed by atoms with Gasteiger partial charge in [0.25, 0.3) is 0 Å². The number of rotatable bonds is 2. The van der Waals surface area contributed by atoms with E-state index >= 15 is 0 Å². The van der Waals surface area contributed by atoms with Gasteiger partial charge in [0.15, 0.2) is 11.5 Å². The molecule has 3 aromatic heterocycles. The fourth-order valence-electron chi connectivity index (χ4n) is 1.47. The van der Waals surface area contributed by atoms with Gasteiger partial charge in [-0.2, -0.15) is 0 Å². The molecule has 0 aliphatic carbocycles. The number of thiazole rings is 1. The molecule has 0 aliphatic rings. The third kappa shape index (κ3) is 1.66. The van der Waals surface area contributed by atoms with E-state index in [0.29, 0.717) is 17.0 Å². The lowest BCUT2D eigenvalue weighted by molar-refractivity contribution is 0.0696. The van der Waals surface area contributed by atoms with Crippen LogP contribution in [-0.4, -0.2) is 31.0 Å². The van der Waals surface area contributed by atoms with Crippen LogP contribution in [0.1, 0.15) is 10.4 Å². The predicted octanol–water partition coefficient (Wildman–Crippen LogP) is 1.78. The van der Waals surface area contributed by atoms with E-state index in [0.717, 1.165) is 4.88 Å². The molecule has 17 heavy (non-hydrogen) atoms. The highest BCUT2D eigenvalue weighted by molar-refractivity contribution is 7.13. The van der Waals surface area contributed by atoms with Gasteiger partial charge in [0, 0.05) is 12.4 Å². The Morgan fingerprint density at radius 1 is 1.41 bits per heavy atom. The molecular formula is C10H6N4O2S. The SMILES string of the molecule is O=C(O)c1cnc2nc(-c3cncs3)[nH]c2c1. The lowest BCUT2D eigenvalue weighted by atomic mass is 10.3. The average molecular weight is 246 g/mol. The Balaban J connectivity index is 2.16. The van der Waals surface area contributed by atoms with Crippen LogP contribution in [0.4, 0.5) is 0 Å². The molecule has 0 unspecified atom stereocenters. The van der Waals surface area contributed by atoms with Crippen LogP contribution in [0.25, 0.3) is 21.9 Å². The minimum Gasteiger partial charge on any atom is -0.478 e. The van der Waals surface area contributed by atoms with E-state index in [2.05, 4.69) is 19.9 Å². The van der Waals surface area contributed by atoms with Crippen molar-refractivity contribution in [1.29, 1.82) is 0 Å². The summed E-state index contributed by atoms with van der Waals surface area (Å²) in [5.74, 6) is -0.356. The van der Waals surface area contributed by atoms with Crippen molar-refractivity contribution >= 4 is 28.5 Å². The number of nitrogens with zero attached hydrogens (tertiary/aromatic N) is 3. The molecular weight excluding hydrogens is 240 g/mol. The number of carboxylic acids is 1. The number of pyridine rings is 1. The predicted molar refractivity (Wildman–Crippen MR) is 62.0 cm³/mol. The third-order valence-electron chi connectivity index (χ3n) is 2.25. The molecule has 0 saturated carbocycles. The molecule has 0 saturated heterocycles. The van der Waals surface area contributed by atoms with E-state index in [-0.39, 0.29) is 5.56 Å². The fourth-order valence-corrected chi connectivity index (χ4v) is 2.03. The van der Waals surface area contributed by atoms with Gasteiger partial charge in [-0.3, -0.25) is 4.98 Å². The second-order valence-electron chi connectivity index (χ2n) is 3.35. The smallest absolute Gasteiger partial charge is 0.337 e. The Kier molecular flexibility index (Phi) is 2.12. The van der Waals surface area contributed by atoms with Gasteiger partial charge in [-0.05, 0) is 6.07 Å². The van der Waals surface area contributed by atoms with Crippen molar-refractivity contribution in [3.8, 4) is 10.7 Å². The monoisotopic (exact) mass is 246 g/mol. The summed E-state index contributed by atoms with van der Waals surface area (Å²) >= 11 is 1.45. The first-order chi connectivity index (χ1) is 8.24. The highest BCUT2D eigenvalue weighted by Gasteiger charge is 2.10. The van der Waals surface area contributed by atoms with Crippen molar-refractivity contribution in [2.45, 2.75) is 0 Å². The second kappa shape index (κ2) is 3.63. The van der Waals surface area contributed by atoms with E-state index in [1.165, 1.54) is 23.6 Å². The fraction of sp³-hybridized carbons (Fsp3) is 0. The zero-order chi connectivity index (χ0) is 11.8. The number of aromatic carboxylic acids is 1. The number of aromatic nitrogens is 4. The molecule has 0 amide bonds. The standard InChI is InChI=1S/C10H6N4O2S/c15-10(16)5-1-6-8(12-2-5)14-9(13-6)7-3-11-4-17-7/h1-4H,(H,15,16)(H,12,13,14). The van der Waals surface area contributed by atoms with Crippen LogP contribution in [0, 0.1) is 0 Å². The number of H-pyrrole nitrogens is 1. The molecule has 0 fully saturated rings. The van der Waals surface area contributed by atoms with Gasteiger partial charge >= 0.3 is 5.97 Å². The van der Waals surface area contributed by atoms with Crippen molar-refractivity contribution in [3.05, 3.63) is 29.5 Å². The molecule has 6 nitrogen and oxygen atoms in total. The van der Waals surface area contributed by atoms with E-state index in [1.54, 1.807) is 11.7 Å². The van der Waals surface area contributed by atoms with Gasteiger partial charge in [0.2, 0.25) is 0 Å². The first-order valence-corrected chi connectivity index (χ1v) is 5.60. The number of carboxylic acid groups (broad SMARTS) is 1. The lowest BCUT2D eigenvalue weighted by Gasteiger charge is -1.91. The minimum atomic E-state index is -1.01. The third-order valence-corrected chi connectivity index (χ3v) is 3.03. The van der Waals surface area contributed by atoms with Crippen LogP contribution >= 0.6 is 11.3 Å². The molecule has 3 rings (SSSR count). The van der Waals surface area contributed by atoms with Gasteiger partial charge in [-0.25, -0.2) is 14.8 Å². The van der Waals surface area contributed by atoms with E-state index in [4.69, 9.17) is 5.11 Å². The summed E-state index contributed by atoms with van der Waals surface area (Å²) in [6, 6.07) is 1.52. The van der Waals surface area contributed by atoms with Crippen molar-refractivity contribution in [1.82, 2.24) is 19.9 Å². The molecule has 0 aliphatic heterocycles. The van der Waals surface area contributed by atoms with Gasteiger partial charge < -0.3 is 10.1 Å². The molecule has 2 N–H and O–H groups in total. The zero-order valence-electron chi connectivity index (χ0n) is 8.41. The first kappa shape index (κ1) is 9.91. The number of fused-ring (bicyclic) bond motifs is 1. The Morgan fingerprint density at radius 3 is 3.00 bits per heavy atom. The van der Waals surface area contributed by atoms with Crippen molar-refractivity contribution in [3.63, 3.8) is 0 Å². The number of nitrogens with one attached hydrogen (secondary N) is 1. The normalized spacial score (nSPS) is 10.8. The summed E-state index contributed by atoms with van der Waals surface area (Å²) in [6.45, 7) is 0. The number of imidazole rings is 1. The summed E-state index contributed by atoms with van der Waals surface area (Å²) in [7, 11) is 0. The van der Waals surface area contributed by atoms with Gasteiger partial charge in [-0.15, -0.1) is 11.3 Å². The van der Waals surface area contributed by atoms with E-state index < -0.39 is 5.97 Å². The number of hydrogen-bond donors (Lipinski definition) is 2. The van der Waals surface area contributed by atoms with Crippen molar-refractivity contribution in [2.24, 2.45) is 0 Å². The number of aromatic amines is 1. The second-order valence-corrected chi connectivity index (χ2v) is 4.24. The van der Waals surface area contributed by atoms with Crippen LogP contribution in [0.15, 0.2) is 24.0 Å². The van der Waals surface area contributed by atoms with Gasteiger partial charge in [-0.1, -0.05) is 0 Å². The maximum Gasteiger partial charge on any atom is 0.337 e. The van der Waals surface area contributed by atoms with Crippen LogP contribution in [0.3, 0.4) is 0 Å². The first-order valence-electron chi connectivity index (χ1n) is 4.72. The Bertz CT molecular complexity index is 689. The topological polar surface area (TPSA) is 91.8 Å². The summed E-state index contributed by atoms with van der Waals surface area (Å²) in [6.07, 6.45) is 2.99. The molecule has 3 aromatic rings. The molecule has 0 radical (unpaired) electrons. The van der Waals surface area contributed by atoms with Crippen LogP contribution in [-0.2, 0) is 0 Å². The maximum absolute atomic E-state index is 10.8. The highest BCUT2D eigenvalue weighted by atomic mass is 32.1. The quantitative estimate of drug-likeness (QED) is 0.719. The number of carbonyl (C=O) groups is 1. The lowest BCUT2D eigenvalue weighted by Crippen LogP contribution is -1.96. The molecule has 3 heterocycles. The Labute approximate surface area is 99.0 Å². The van der Waals surface area contributed by atoms with Crippen LogP contribution < -0.4 is 0 Å². The Hall–Kier alpha value is -2.28. The average Bonchev–Trinajstić information content (AvgIpc) is 2.96. The molecule has 0 atom stereocenters. The highest BCUT2D eigenvalue weighted by Crippen LogP contribution is 2.22. The molecule has 0 aromatic carbocycles. The van der Waals surface area contributed by atoms with Crippen molar-refractivity contribution in [2.75, 3.05) is 0 Å². The molecule has 0 bridgehead atoms. The van der Waals surface area contributed by atoms with Gasteiger partial charge in [0.05, 0.1) is 21.5 Å². The van der Waals surface area contributed by atoms with Crippen LogP contribution in [0.2, 0.25) is 0 Å². The zero-order valence-corrected chi connectivity index (χ0v) is 9.23. The molecule has 84 valence electrons. The van der Waals surface area contributed by atoms with Gasteiger partial charge in [0.1, 0.15) is 0 Å². The van der Waals surface area contributed by atoms with E-state index in [9.17, 15) is 4.79 Å². The summed E-state index contributed by atoms with van der Waals surface area (Å²) in [5.41, 5.74) is 2.95. The minimum absolute atomic E-state index is 0.136. The van der Waals surface area contributed by atoms with Crippen LogP contribution in [0.5, 0.6) is 0 Å². The summed E-state index contributed by atoms with van der Waals surface area (Å²) in [5, 5.41) is 8.85. The van der Waals surface area contributed by atoms with Crippen molar-refractivity contribution < 1.29 is 9.90 Å². The largest absolute Gasteiger partial charge is 0.478 e. The molecule has 7 heteroatoms. The summed E-state index contributed by atoms with van der Waals surface area (Å²) < 4.78 is 0. The molecule has 0 spiro atoms. The summed E-state index contributed by atoms with van der Waals surface area (Å²) in [4.78, 5) is 26.9.